The Balaban J connectivity index is 1.78. The molecule has 0 saturated carbocycles. The standard InChI is InChI=1S/C17H29N5O2/c1-4-22(8-7-21(2)3)16(23)14-11-13-15(19-12-18-13)17(20-14)5-9-24-10-6-17/h12,14,20H,4-11H2,1-3H3,(H,18,19)/t14-/m0/s1. The smallest absolute Gasteiger partial charge is 0.240 e. The maximum atomic E-state index is 13.1. The molecule has 3 rings (SSSR count). The summed E-state index contributed by atoms with van der Waals surface area (Å²) in [4.78, 5) is 24.9. The summed E-state index contributed by atoms with van der Waals surface area (Å²) in [6.07, 6.45) is 4.15. The third-order valence-corrected chi connectivity index (χ3v) is 5.19. The second kappa shape index (κ2) is 7.21. The third-order valence-electron chi connectivity index (χ3n) is 5.19. The van der Waals surface area contributed by atoms with Crippen molar-refractivity contribution in [1.82, 2.24) is 25.1 Å². The largest absolute Gasteiger partial charge is 0.381 e. The molecule has 0 radical (unpaired) electrons. The molecule has 1 atom stereocenters. The molecule has 1 aromatic rings. The van der Waals surface area contributed by atoms with Crippen molar-refractivity contribution in [2.75, 3.05) is 46.9 Å². The Labute approximate surface area is 143 Å². The van der Waals surface area contributed by atoms with Gasteiger partial charge < -0.3 is 19.5 Å². The highest BCUT2D eigenvalue weighted by molar-refractivity contribution is 5.82. The second-order valence-electron chi connectivity index (χ2n) is 7.05. The van der Waals surface area contributed by atoms with Gasteiger partial charge in [-0.05, 0) is 33.9 Å². The maximum Gasteiger partial charge on any atom is 0.240 e. The van der Waals surface area contributed by atoms with Crippen LogP contribution in [0.1, 0.15) is 31.2 Å². The molecule has 7 nitrogen and oxygen atoms in total. The van der Waals surface area contributed by atoms with E-state index in [1.807, 2.05) is 25.9 Å². The van der Waals surface area contributed by atoms with Gasteiger partial charge >= 0.3 is 0 Å². The minimum Gasteiger partial charge on any atom is -0.381 e. The zero-order valence-corrected chi connectivity index (χ0v) is 15.0. The van der Waals surface area contributed by atoms with Crippen LogP contribution in [0.15, 0.2) is 6.33 Å². The van der Waals surface area contributed by atoms with E-state index >= 15 is 0 Å². The molecule has 2 aliphatic heterocycles. The molecule has 3 heterocycles. The minimum absolute atomic E-state index is 0.186. The normalized spacial score (nSPS) is 22.6. The van der Waals surface area contributed by atoms with Crippen molar-refractivity contribution in [1.29, 1.82) is 0 Å². The fourth-order valence-electron chi connectivity index (χ4n) is 3.76. The summed E-state index contributed by atoms with van der Waals surface area (Å²) in [6, 6.07) is -0.196. The highest BCUT2D eigenvalue weighted by Gasteiger charge is 2.45. The summed E-state index contributed by atoms with van der Waals surface area (Å²) >= 11 is 0. The number of rotatable bonds is 5. The molecule has 7 heteroatoms. The Morgan fingerprint density at radius 1 is 1.38 bits per heavy atom. The van der Waals surface area contributed by atoms with Gasteiger partial charge in [0.05, 0.1) is 23.6 Å². The highest BCUT2D eigenvalue weighted by Crippen LogP contribution is 2.36. The third kappa shape index (κ3) is 3.34. The highest BCUT2D eigenvalue weighted by atomic mass is 16.5. The molecule has 0 aromatic carbocycles. The Morgan fingerprint density at radius 2 is 2.12 bits per heavy atom. The van der Waals surface area contributed by atoms with Crippen LogP contribution < -0.4 is 5.32 Å². The molecule has 2 aliphatic rings. The van der Waals surface area contributed by atoms with Gasteiger partial charge in [-0.3, -0.25) is 10.1 Å². The number of hydrogen-bond donors (Lipinski definition) is 2. The minimum atomic E-state index is -0.229. The van der Waals surface area contributed by atoms with Gasteiger partial charge in [0.25, 0.3) is 0 Å². The van der Waals surface area contributed by atoms with Gasteiger partial charge in [0.2, 0.25) is 5.91 Å². The number of fused-ring (bicyclic) bond motifs is 2. The molecule has 0 bridgehead atoms. The first-order valence-electron chi connectivity index (χ1n) is 8.87. The fraction of sp³-hybridized carbons (Fsp3) is 0.765. The number of H-pyrrole nitrogens is 1. The van der Waals surface area contributed by atoms with Crippen molar-refractivity contribution in [2.45, 2.75) is 37.8 Å². The first kappa shape index (κ1) is 17.4. The van der Waals surface area contributed by atoms with Crippen LogP contribution in [0, 0.1) is 0 Å². The van der Waals surface area contributed by atoms with Crippen LogP contribution in [0.3, 0.4) is 0 Å². The summed E-state index contributed by atoms with van der Waals surface area (Å²) in [5, 5.41) is 3.65. The summed E-state index contributed by atoms with van der Waals surface area (Å²) in [5.41, 5.74) is 1.94. The van der Waals surface area contributed by atoms with Gasteiger partial charge in [-0.1, -0.05) is 0 Å². The molecule has 134 valence electrons. The van der Waals surface area contributed by atoms with Gasteiger partial charge in [0, 0.05) is 45.0 Å². The van der Waals surface area contributed by atoms with Crippen LogP contribution in [0.2, 0.25) is 0 Å². The van der Waals surface area contributed by atoms with Gasteiger partial charge in [-0.2, -0.15) is 0 Å². The van der Waals surface area contributed by atoms with Gasteiger partial charge in [0.1, 0.15) is 0 Å². The summed E-state index contributed by atoms with van der Waals surface area (Å²) < 4.78 is 5.54. The van der Waals surface area contributed by atoms with Crippen molar-refractivity contribution in [2.24, 2.45) is 0 Å². The van der Waals surface area contributed by atoms with Crippen molar-refractivity contribution in [3.8, 4) is 0 Å². The number of aromatic nitrogens is 2. The Bertz CT molecular complexity index is 565. The van der Waals surface area contributed by atoms with E-state index in [0.29, 0.717) is 19.6 Å². The number of ether oxygens (including phenoxy) is 1. The van der Waals surface area contributed by atoms with E-state index in [4.69, 9.17) is 4.74 Å². The molecule has 0 unspecified atom stereocenters. The van der Waals surface area contributed by atoms with Crippen LogP contribution in [-0.4, -0.2) is 78.7 Å². The van der Waals surface area contributed by atoms with Gasteiger partial charge in [0.15, 0.2) is 0 Å². The lowest BCUT2D eigenvalue weighted by Gasteiger charge is -2.44. The second-order valence-corrected chi connectivity index (χ2v) is 7.05. The van der Waals surface area contributed by atoms with E-state index in [1.54, 1.807) is 6.33 Å². The molecule has 24 heavy (non-hydrogen) atoms. The lowest BCUT2D eigenvalue weighted by molar-refractivity contribution is -0.135. The van der Waals surface area contributed by atoms with Gasteiger partial charge in [-0.15, -0.1) is 0 Å². The number of aromatic amines is 1. The lowest BCUT2D eigenvalue weighted by atomic mass is 9.80. The number of nitrogens with zero attached hydrogens (tertiary/aromatic N) is 3. The van der Waals surface area contributed by atoms with Crippen LogP contribution in [0.4, 0.5) is 0 Å². The van der Waals surface area contributed by atoms with Crippen LogP contribution in [0.25, 0.3) is 0 Å². The quantitative estimate of drug-likeness (QED) is 0.812. The monoisotopic (exact) mass is 335 g/mol. The van der Waals surface area contributed by atoms with E-state index in [1.165, 1.54) is 0 Å². The van der Waals surface area contributed by atoms with Crippen molar-refractivity contribution in [3.05, 3.63) is 17.7 Å². The molecular weight excluding hydrogens is 306 g/mol. The molecule has 1 spiro atoms. The fourth-order valence-corrected chi connectivity index (χ4v) is 3.76. The van der Waals surface area contributed by atoms with Crippen molar-refractivity contribution in [3.63, 3.8) is 0 Å². The Kier molecular flexibility index (Phi) is 5.22. The van der Waals surface area contributed by atoms with E-state index < -0.39 is 0 Å². The first-order valence-corrected chi connectivity index (χ1v) is 8.87. The van der Waals surface area contributed by atoms with Crippen LogP contribution in [0.5, 0.6) is 0 Å². The van der Waals surface area contributed by atoms with E-state index in [0.717, 1.165) is 43.9 Å². The van der Waals surface area contributed by atoms with Gasteiger partial charge in [-0.25, -0.2) is 4.98 Å². The molecule has 1 amide bonds. The molecule has 1 saturated heterocycles. The zero-order valence-electron chi connectivity index (χ0n) is 15.0. The predicted octanol–water partition coefficient (Wildman–Crippen LogP) is 0.340. The Hall–Kier alpha value is -1.44. The molecule has 1 fully saturated rings. The first-order chi connectivity index (χ1) is 11.6. The molecule has 2 N–H and O–H groups in total. The molecule has 1 aromatic heterocycles. The summed E-state index contributed by atoms with van der Waals surface area (Å²) in [6.45, 7) is 5.82. The number of carbonyl (C=O) groups excluding carboxylic acids is 1. The van der Waals surface area contributed by atoms with Crippen molar-refractivity contribution < 1.29 is 9.53 Å². The average Bonchev–Trinajstić information content (AvgIpc) is 3.05. The molecular formula is C17H29N5O2. The topological polar surface area (TPSA) is 73.5 Å². The summed E-state index contributed by atoms with van der Waals surface area (Å²) in [5.74, 6) is 0.186. The zero-order chi connectivity index (χ0) is 17.2. The van der Waals surface area contributed by atoms with Crippen LogP contribution in [-0.2, 0) is 21.5 Å². The number of amides is 1. The number of carbonyl (C=O) groups is 1. The van der Waals surface area contributed by atoms with Crippen molar-refractivity contribution >= 4 is 5.91 Å². The Morgan fingerprint density at radius 3 is 2.79 bits per heavy atom. The van der Waals surface area contributed by atoms with E-state index in [9.17, 15) is 4.79 Å². The summed E-state index contributed by atoms with van der Waals surface area (Å²) in [7, 11) is 4.07. The predicted molar refractivity (Wildman–Crippen MR) is 91.8 cm³/mol. The maximum absolute atomic E-state index is 13.1. The van der Waals surface area contributed by atoms with E-state index in [2.05, 4.69) is 20.2 Å². The average molecular weight is 335 g/mol. The number of hydrogen-bond acceptors (Lipinski definition) is 5. The lowest BCUT2D eigenvalue weighted by Crippen LogP contribution is -2.60. The number of imidazole rings is 1. The van der Waals surface area contributed by atoms with Crippen LogP contribution >= 0.6 is 0 Å². The number of nitrogens with one attached hydrogen (secondary N) is 2. The molecule has 0 aliphatic carbocycles. The van der Waals surface area contributed by atoms with E-state index in [-0.39, 0.29) is 17.5 Å². The number of likely N-dealkylation sites (N-methyl/N-ethyl adjacent to an activating group) is 2. The SMILES string of the molecule is CCN(CCN(C)C)C(=O)[C@@H]1Cc2[nH]cnc2C2(CCOCC2)N1.